The Morgan fingerprint density at radius 1 is 1.13 bits per heavy atom. The molecule has 1 aromatic heterocycles. The number of benzene rings is 2. The maximum Gasteiger partial charge on any atom is 0.293 e. The van der Waals surface area contributed by atoms with Crippen LogP contribution in [0, 0.1) is 10.1 Å². The minimum atomic E-state index is -3.87. The molecule has 0 unspecified atom stereocenters. The first-order valence-corrected chi connectivity index (χ1v) is 11.2. The zero-order valence-corrected chi connectivity index (χ0v) is 18.4. The van der Waals surface area contributed by atoms with Crippen LogP contribution >= 0.6 is 0 Å². The molecule has 0 amide bonds. The van der Waals surface area contributed by atoms with Crippen LogP contribution in [0.25, 0.3) is 5.69 Å². The molecule has 2 aromatic carbocycles. The van der Waals surface area contributed by atoms with Crippen LogP contribution in [0.1, 0.15) is 26.3 Å². The summed E-state index contributed by atoms with van der Waals surface area (Å²) in [7, 11) is -3.87. The van der Waals surface area contributed by atoms with Crippen molar-refractivity contribution in [3.8, 4) is 5.69 Å². The first-order chi connectivity index (χ1) is 14.5. The second kappa shape index (κ2) is 8.86. The van der Waals surface area contributed by atoms with E-state index in [0.29, 0.717) is 13.0 Å². The second-order valence-corrected chi connectivity index (χ2v) is 9.78. The maximum absolute atomic E-state index is 12.5. The summed E-state index contributed by atoms with van der Waals surface area (Å²) in [6.07, 6.45) is 4.24. The van der Waals surface area contributed by atoms with Crippen molar-refractivity contribution in [3.05, 3.63) is 76.6 Å². The minimum absolute atomic E-state index is 0.149. The normalized spacial score (nSPS) is 12.0. The van der Waals surface area contributed by atoms with Crippen LogP contribution in [-0.2, 0) is 16.4 Å². The average molecular weight is 444 g/mol. The Labute approximate surface area is 181 Å². The summed E-state index contributed by atoms with van der Waals surface area (Å²) in [4.78, 5) is 10.8. The highest BCUT2D eigenvalue weighted by atomic mass is 32.2. The Kier molecular flexibility index (Phi) is 6.42. The molecule has 3 aromatic rings. The summed E-state index contributed by atoms with van der Waals surface area (Å²) >= 11 is 0. The van der Waals surface area contributed by atoms with Gasteiger partial charge in [0.2, 0.25) is 10.0 Å². The van der Waals surface area contributed by atoms with E-state index >= 15 is 0 Å². The molecular weight excluding hydrogens is 418 g/mol. The molecule has 10 heteroatoms. The van der Waals surface area contributed by atoms with Gasteiger partial charge in [-0.15, -0.1) is 0 Å². The second-order valence-electron chi connectivity index (χ2n) is 8.10. The van der Waals surface area contributed by atoms with Gasteiger partial charge in [-0.05, 0) is 57.0 Å². The van der Waals surface area contributed by atoms with Crippen molar-refractivity contribution in [3.63, 3.8) is 0 Å². The molecule has 164 valence electrons. The maximum atomic E-state index is 12.5. The Morgan fingerprint density at radius 2 is 1.84 bits per heavy atom. The quantitative estimate of drug-likeness (QED) is 0.406. The Morgan fingerprint density at radius 3 is 2.48 bits per heavy atom. The number of nitro benzene ring substituents is 1. The first-order valence-electron chi connectivity index (χ1n) is 9.70. The van der Waals surface area contributed by atoms with Gasteiger partial charge in [-0.1, -0.05) is 18.2 Å². The topological polar surface area (TPSA) is 119 Å². The minimum Gasteiger partial charge on any atom is -0.379 e. The number of rotatable bonds is 8. The van der Waals surface area contributed by atoms with Crippen molar-refractivity contribution in [1.29, 1.82) is 0 Å². The van der Waals surface area contributed by atoms with Gasteiger partial charge >= 0.3 is 0 Å². The number of nitrogens with one attached hydrogen (secondary N) is 2. The third-order valence-corrected chi connectivity index (χ3v) is 6.06. The number of para-hydroxylation sites is 1. The van der Waals surface area contributed by atoms with Gasteiger partial charge in [-0.3, -0.25) is 10.1 Å². The largest absolute Gasteiger partial charge is 0.379 e. The van der Waals surface area contributed by atoms with E-state index in [-0.39, 0.29) is 16.3 Å². The molecule has 0 fully saturated rings. The fraction of sp³-hybridized carbons (Fsp3) is 0.286. The van der Waals surface area contributed by atoms with E-state index in [1.165, 1.54) is 12.1 Å². The molecule has 0 aliphatic carbocycles. The monoisotopic (exact) mass is 443 g/mol. The molecule has 0 saturated heterocycles. The summed E-state index contributed by atoms with van der Waals surface area (Å²) in [6, 6.07) is 13.5. The number of nitrogens with zero attached hydrogens (tertiary/aromatic N) is 3. The average Bonchev–Trinajstić information content (AvgIpc) is 3.16. The van der Waals surface area contributed by atoms with Crippen LogP contribution in [0.5, 0.6) is 0 Å². The van der Waals surface area contributed by atoms with Gasteiger partial charge in [0.25, 0.3) is 5.69 Å². The van der Waals surface area contributed by atoms with Gasteiger partial charge in [-0.25, -0.2) is 17.8 Å². The lowest BCUT2D eigenvalue weighted by Gasteiger charge is -2.20. The number of hydrogen-bond donors (Lipinski definition) is 2. The molecule has 0 atom stereocenters. The number of anilines is 1. The Bertz CT molecular complexity index is 1170. The summed E-state index contributed by atoms with van der Waals surface area (Å²) in [5.74, 6) is 0. The van der Waals surface area contributed by atoms with Crippen molar-refractivity contribution in [1.82, 2.24) is 14.5 Å². The van der Waals surface area contributed by atoms with Crippen molar-refractivity contribution >= 4 is 21.4 Å². The van der Waals surface area contributed by atoms with Gasteiger partial charge in [0.1, 0.15) is 5.69 Å². The van der Waals surface area contributed by atoms with Crippen LogP contribution in [-0.4, -0.2) is 35.2 Å². The zero-order valence-electron chi connectivity index (χ0n) is 17.6. The van der Waals surface area contributed by atoms with Crippen LogP contribution in [0.15, 0.2) is 65.8 Å². The Balaban J connectivity index is 1.71. The molecule has 9 nitrogen and oxygen atoms in total. The van der Waals surface area contributed by atoms with Gasteiger partial charge in [0.15, 0.2) is 0 Å². The van der Waals surface area contributed by atoms with Crippen molar-refractivity contribution in [2.24, 2.45) is 0 Å². The van der Waals surface area contributed by atoms with E-state index in [1.54, 1.807) is 31.6 Å². The number of nitro groups is 1. The molecule has 31 heavy (non-hydrogen) atoms. The van der Waals surface area contributed by atoms with E-state index in [1.807, 2.05) is 36.5 Å². The summed E-state index contributed by atoms with van der Waals surface area (Å²) < 4.78 is 29.2. The molecule has 2 N–H and O–H groups in total. The standard InChI is InChI=1S/C21H25N5O4S/c1-21(2,3)24-31(29,30)18-9-10-19(20(13-18)26(27)28)22-12-11-16-14-23-25(15-16)17-7-5-4-6-8-17/h4-10,13-15,22,24H,11-12H2,1-3H3. The molecule has 0 radical (unpaired) electrons. The van der Waals surface area contributed by atoms with Crippen LogP contribution < -0.4 is 10.0 Å². The molecule has 0 spiro atoms. The lowest BCUT2D eigenvalue weighted by atomic mass is 10.1. The fourth-order valence-corrected chi connectivity index (χ4v) is 4.43. The lowest BCUT2D eigenvalue weighted by Crippen LogP contribution is -2.40. The molecule has 0 aliphatic heterocycles. The SMILES string of the molecule is CC(C)(C)NS(=O)(=O)c1ccc(NCCc2cnn(-c3ccccc3)c2)c([N+](=O)[O-])c1. The highest BCUT2D eigenvalue weighted by molar-refractivity contribution is 7.89. The third kappa shape index (κ3) is 5.89. The summed E-state index contributed by atoms with van der Waals surface area (Å²) in [6.45, 7) is 5.53. The van der Waals surface area contributed by atoms with Crippen LogP contribution in [0.3, 0.4) is 0 Å². The summed E-state index contributed by atoms with van der Waals surface area (Å²) in [5, 5.41) is 18.9. The fourth-order valence-electron chi connectivity index (χ4n) is 2.99. The van der Waals surface area contributed by atoms with Gasteiger partial charge in [0, 0.05) is 24.3 Å². The molecular formula is C21H25N5O4S. The Hall–Kier alpha value is -3.24. The number of sulfonamides is 1. The van der Waals surface area contributed by atoms with E-state index in [2.05, 4.69) is 15.1 Å². The van der Waals surface area contributed by atoms with Crippen molar-refractivity contribution in [2.75, 3.05) is 11.9 Å². The highest BCUT2D eigenvalue weighted by Crippen LogP contribution is 2.28. The van der Waals surface area contributed by atoms with Crippen LogP contribution in [0.2, 0.25) is 0 Å². The zero-order chi connectivity index (χ0) is 22.6. The highest BCUT2D eigenvalue weighted by Gasteiger charge is 2.25. The predicted octanol–water partition coefficient (Wildman–Crippen LogP) is 3.51. The van der Waals surface area contributed by atoms with Gasteiger partial charge < -0.3 is 5.32 Å². The number of hydrogen-bond acceptors (Lipinski definition) is 6. The van der Waals surface area contributed by atoms with E-state index in [4.69, 9.17) is 0 Å². The predicted molar refractivity (Wildman–Crippen MR) is 119 cm³/mol. The molecule has 1 heterocycles. The van der Waals surface area contributed by atoms with E-state index in [9.17, 15) is 18.5 Å². The van der Waals surface area contributed by atoms with E-state index < -0.39 is 20.5 Å². The van der Waals surface area contributed by atoms with Gasteiger partial charge in [0.05, 0.1) is 21.7 Å². The summed E-state index contributed by atoms with van der Waals surface area (Å²) in [5.41, 5.74) is 1.17. The van der Waals surface area contributed by atoms with E-state index in [0.717, 1.165) is 17.3 Å². The molecule has 0 aliphatic rings. The van der Waals surface area contributed by atoms with Crippen molar-refractivity contribution < 1.29 is 13.3 Å². The first kappa shape index (κ1) is 22.4. The van der Waals surface area contributed by atoms with Crippen LogP contribution in [0.4, 0.5) is 11.4 Å². The number of aromatic nitrogens is 2. The van der Waals surface area contributed by atoms with Gasteiger partial charge in [-0.2, -0.15) is 5.10 Å². The third-order valence-electron chi connectivity index (χ3n) is 4.30. The van der Waals surface area contributed by atoms with Crippen molar-refractivity contribution in [2.45, 2.75) is 37.6 Å². The molecule has 3 rings (SSSR count). The lowest BCUT2D eigenvalue weighted by molar-refractivity contribution is -0.384. The smallest absolute Gasteiger partial charge is 0.293 e. The molecule has 0 bridgehead atoms. The molecule has 0 saturated carbocycles.